The van der Waals surface area contributed by atoms with Gasteiger partial charge in [0.25, 0.3) is 0 Å². The van der Waals surface area contributed by atoms with Crippen LogP contribution in [0.3, 0.4) is 0 Å². The van der Waals surface area contributed by atoms with E-state index in [1.54, 1.807) is 0 Å². The van der Waals surface area contributed by atoms with Gasteiger partial charge in [-0.1, -0.05) is 29.8 Å². The molecule has 1 aromatic heterocycles. The number of amides is 1. The van der Waals surface area contributed by atoms with Crippen LogP contribution in [-0.4, -0.2) is 44.9 Å². The molecular weight excluding hydrogens is 324 g/mol. The fraction of sp³-hybridized carbons (Fsp3) is 0.524. The third kappa shape index (κ3) is 3.28. The van der Waals surface area contributed by atoms with Crippen LogP contribution in [0.4, 0.5) is 0 Å². The molecule has 5 heteroatoms. The van der Waals surface area contributed by atoms with Crippen LogP contribution in [0, 0.1) is 12.3 Å². The highest BCUT2D eigenvalue weighted by molar-refractivity contribution is 5.85. The fourth-order valence-electron chi connectivity index (χ4n) is 4.43. The van der Waals surface area contributed by atoms with Crippen LogP contribution in [0.15, 0.2) is 36.7 Å². The Balaban J connectivity index is 1.37. The number of nitrogens with zero attached hydrogens (tertiary/aromatic N) is 4. The summed E-state index contributed by atoms with van der Waals surface area (Å²) in [6, 6.07) is 8.50. The Morgan fingerprint density at radius 2 is 1.88 bits per heavy atom. The fourth-order valence-corrected chi connectivity index (χ4v) is 4.43. The first-order valence-corrected chi connectivity index (χ1v) is 9.59. The van der Waals surface area contributed by atoms with E-state index >= 15 is 0 Å². The molecule has 0 unspecified atom stereocenters. The third-order valence-electron chi connectivity index (χ3n) is 6.16. The molecule has 0 aliphatic carbocycles. The lowest BCUT2D eigenvalue weighted by Gasteiger charge is -2.37. The van der Waals surface area contributed by atoms with Gasteiger partial charge in [-0.2, -0.15) is 0 Å². The van der Waals surface area contributed by atoms with E-state index in [-0.39, 0.29) is 5.41 Å². The molecule has 3 heterocycles. The lowest BCUT2D eigenvalue weighted by atomic mass is 9.77. The van der Waals surface area contributed by atoms with E-state index < -0.39 is 0 Å². The van der Waals surface area contributed by atoms with Gasteiger partial charge in [-0.15, -0.1) is 0 Å². The van der Waals surface area contributed by atoms with Crippen LogP contribution in [-0.2, 0) is 24.9 Å². The number of aromatic nitrogens is 2. The Hall–Kier alpha value is -2.14. The first-order valence-electron chi connectivity index (χ1n) is 9.59. The SMILES string of the molecule is Cc1cccc(CN2CCC3(CCN(Cc4nccn4C)CC3)C2=O)c1. The zero-order valence-electron chi connectivity index (χ0n) is 15.8. The molecule has 1 spiro atoms. The molecule has 0 atom stereocenters. The number of aryl methyl sites for hydroxylation is 2. The van der Waals surface area contributed by atoms with Crippen molar-refractivity contribution in [2.24, 2.45) is 12.5 Å². The molecule has 138 valence electrons. The summed E-state index contributed by atoms with van der Waals surface area (Å²) >= 11 is 0. The van der Waals surface area contributed by atoms with Crippen molar-refractivity contribution in [1.29, 1.82) is 0 Å². The molecule has 2 aromatic rings. The summed E-state index contributed by atoms with van der Waals surface area (Å²) in [6.45, 7) is 6.59. The summed E-state index contributed by atoms with van der Waals surface area (Å²) in [5.74, 6) is 1.47. The Labute approximate surface area is 155 Å². The Bertz CT molecular complexity index is 789. The molecule has 1 amide bonds. The molecular formula is C21H28N4O. The van der Waals surface area contributed by atoms with E-state index in [0.717, 1.165) is 57.8 Å². The number of rotatable bonds is 4. The predicted molar refractivity (Wildman–Crippen MR) is 101 cm³/mol. The van der Waals surface area contributed by atoms with Gasteiger partial charge >= 0.3 is 0 Å². The van der Waals surface area contributed by atoms with Crippen LogP contribution in [0.2, 0.25) is 0 Å². The van der Waals surface area contributed by atoms with E-state index in [2.05, 4.69) is 50.5 Å². The van der Waals surface area contributed by atoms with Gasteiger partial charge in [0, 0.05) is 32.5 Å². The summed E-state index contributed by atoms with van der Waals surface area (Å²) < 4.78 is 2.08. The van der Waals surface area contributed by atoms with Crippen LogP contribution in [0.25, 0.3) is 0 Å². The molecule has 5 nitrogen and oxygen atoms in total. The normalized spacial score (nSPS) is 20.2. The summed E-state index contributed by atoms with van der Waals surface area (Å²) in [5, 5.41) is 0. The number of hydrogen-bond acceptors (Lipinski definition) is 3. The number of imidazole rings is 1. The molecule has 2 fully saturated rings. The summed E-state index contributed by atoms with van der Waals surface area (Å²) in [7, 11) is 2.04. The smallest absolute Gasteiger partial charge is 0.229 e. The van der Waals surface area contributed by atoms with Crippen molar-refractivity contribution in [2.75, 3.05) is 19.6 Å². The van der Waals surface area contributed by atoms with Gasteiger partial charge < -0.3 is 9.47 Å². The average molecular weight is 352 g/mol. The molecule has 0 radical (unpaired) electrons. The standard InChI is InChI=1S/C21H28N4O/c1-17-4-3-5-18(14-17)15-25-12-8-21(20(25)26)6-10-24(11-7-21)16-19-22-9-13-23(19)2/h3-5,9,13-14H,6-8,10-12,15-16H2,1-2H3. The van der Waals surface area contributed by atoms with Gasteiger partial charge in [0.15, 0.2) is 0 Å². The summed E-state index contributed by atoms with van der Waals surface area (Å²) in [5.41, 5.74) is 2.37. The second-order valence-electron chi connectivity index (χ2n) is 7.98. The maximum absolute atomic E-state index is 13.1. The number of likely N-dealkylation sites (tertiary alicyclic amines) is 2. The van der Waals surface area contributed by atoms with E-state index in [1.165, 1.54) is 11.1 Å². The van der Waals surface area contributed by atoms with Crippen LogP contribution in [0.5, 0.6) is 0 Å². The molecule has 0 saturated carbocycles. The van der Waals surface area contributed by atoms with Crippen molar-refractivity contribution in [1.82, 2.24) is 19.4 Å². The minimum Gasteiger partial charge on any atom is -0.338 e. The monoisotopic (exact) mass is 352 g/mol. The van der Waals surface area contributed by atoms with Gasteiger partial charge in [0.05, 0.1) is 12.0 Å². The molecule has 26 heavy (non-hydrogen) atoms. The van der Waals surface area contributed by atoms with E-state index in [0.29, 0.717) is 5.91 Å². The molecule has 2 aliphatic heterocycles. The van der Waals surface area contributed by atoms with Gasteiger partial charge in [-0.05, 0) is 44.8 Å². The minimum atomic E-state index is -0.123. The molecule has 2 saturated heterocycles. The number of hydrogen-bond donors (Lipinski definition) is 0. The maximum atomic E-state index is 13.1. The number of benzene rings is 1. The maximum Gasteiger partial charge on any atom is 0.229 e. The average Bonchev–Trinajstić information content (AvgIpc) is 3.16. The minimum absolute atomic E-state index is 0.123. The van der Waals surface area contributed by atoms with Crippen LogP contribution >= 0.6 is 0 Å². The van der Waals surface area contributed by atoms with Crippen molar-refractivity contribution in [3.05, 3.63) is 53.6 Å². The van der Waals surface area contributed by atoms with Crippen molar-refractivity contribution in [3.63, 3.8) is 0 Å². The zero-order valence-corrected chi connectivity index (χ0v) is 15.8. The second kappa shape index (κ2) is 6.88. The Morgan fingerprint density at radius 1 is 1.12 bits per heavy atom. The van der Waals surface area contributed by atoms with E-state index in [1.807, 2.05) is 19.4 Å². The number of carbonyl (C=O) groups is 1. The first kappa shape index (κ1) is 17.3. The van der Waals surface area contributed by atoms with Crippen molar-refractivity contribution < 1.29 is 4.79 Å². The Morgan fingerprint density at radius 3 is 2.58 bits per heavy atom. The van der Waals surface area contributed by atoms with Crippen molar-refractivity contribution in [2.45, 2.75) is 39.3 Å². The Kier molecular flexibility index (Phi) is 4.57. The predicted octanol–water partition coefficient (Wildman–Crippen LogP) is 2.74. The third-order valence-corrected chi connectivity index (χ3v) is 6.16. The van der Waals surface area contributed by atoms with Gasteiger partial charge in [0.2, 0.25) is 5.91 Å². The second-order valence-corrected chi connectivity index (χ2v) is 7.98. The van der Waals surface area contributed by atoms with E-state index in [4.69, 9.17) is 0 Å². The van der Waals surface area contributed by atoms with Crippen LogP contribution < -0.4 is 0 Å². The number of carbonyl (C=O) groups excluding carboxylic acids is 1. The van der Waals surface area contributed by atoms with Crippen molar-refractivity contribution >= 4 is 5.91 Å². The molecule has 0 bridgehead atoms. The zero-order chi connectivity index (χ0) is 18.1. The number of piperidine rings is 1. The van der Waals surface area contributed by atoms with Crippen LogP contribution in [0.1, 0.15) is 36.2 Å². The molecule has 2 aliphatic rings. The van der Waals surface area contributed by atoms with Gasteiger partial charge in [-0.25, -0.2) is 4.98 Å². The molecule has 1 aromatic carbocycles. The van der Waals surface area contributed by atoms with Gasteiger partial charge in [0.1, 0.15) is 5.82 Å². The topological polar surface area (TPSA) is 41.4 Å². The summed E-state index contributed by atoms with van der Waals surface area (Å²) in [6.07, 6.45) is 6.80. The quantitative estimate of drug-likeness (QED) is 0.850. The highest BCUT2D eigenvalue weighted by Gasteiger charge is 2.47. The lowest BCUT2D eigenvalue weighted by molar-refractivity contribution is -0.139. The lowest BCUT2D eigenvalue weighted by Crippen LogP contribution is -2.44. The largest absolute Gasteiger partial charge is 0.338 e. The first-order chi connectivity index (χ1) is 12.6. The van der Waals surface area contributed by atoms with E-state index in [9.17, 15) is 4.79 Å². The van der Waals surface area contributed by atoms with Crippen molar-refractivity contribution in [3.8, 4) is 0 Å². The summed E-state index contributed by atoms with van der Waals surface area (Å²) in [4.78, 5) is 22.1. The van der Waals surface area contributed by atoms with Gasteiger partial charge in [-0.3, -0.25) is 9.69 Å². The highest BCUT2D eigenvalue weighted by atomic mass is 16.2. The molecule has 0 N–H and O–H groups in total. The molecule has 4 rings (SSSR count). The highest BCUT2D eigenvalue weighted by Crippen LogP contribution is 2.42.